The average molecular weight is 331 g/mol. The summed E-state index contributed by atoms with van der Waals surface area (Å²) in [5, 5.41) is 0. The Bertz CT molecular complexity index is 583. The van der Waals surface area contributed by atoms with E-state index in [0.717, 1.165) is 42.6 Å². The van der Waals surface area contributed by atoms with E-state index in [9.17, 15) is 0 Å². The molecule has 0 aliphatic carbocycles. The molecular formula is C17H19BrN2. The topological polar surface area (TPSA) is 29.3 Å². The lowest BCUT2D eigenvalue weighted by Gasteiger charge is -2.20. The molecule has 2 aromatic rings. The number of anilines is 1. The number of hydrogen-bond donors (Lipinski definition) is 1. The molecule has 0 amide bonds. The summed E-state index contributed by atoms with van der Waals surface area (Å²) in [6.07, 6.45) is 2.27. The molecule has 0 bridgehead atoms. The minimum Gasteiger partial charge on any atom is -0.398 e. The van der Waals surface area contributed by atoms with Crippen LogP contribution in [0.25, 0.3) is 0 Å². The summed E-state index contributed by atoms with van der Waals surface area (Å²) in [6.45, 7) is 3.18. The second kappa shape index (κ2) is 5.98. The molecule has 2 nitrogen and oxygen atoms in total. The fourth-order valence-corrected chi connectivity index (χ4v) is 3.22. The predicted molar refractivity (Wildman–Crippen MR) is 87.7 cm³/mol. The van der Waals surface area contributed by atoms with Gasteiger partial charge in [0.1, 0.15) is 0 Å². The third-order valence-electron chi connectivity index (χ3n) is 4.02. The SMILES string of the molecule is Nc1cccc(CN2CCc3ccccc3CC2)c1Br. The van der Waals surface area contributed by atoms with Gasteiger partial charge in [-0.1, -0.05) is 36.4 Å². The van der Waals surface area contributed by atoms with Gasteiger partial charge in [-0.2, -0.15) is 0 Å². The van der Waals surface area contributed by atoms with Gasteiger partial charge in [0.05, 0.1) is 0 Å². The van der Waals surface area contributed by atoms with Crippen LogP contribution in [0.4, 0.5) is 5.69 Å². The lowest BCUT2D eigenvalue weighted by molar-refractivity contribution is 0.279. The van der Waals surface area contributed by atoms with Crippen molar-refractivity contribution in [1.82, 2.24) is 4.90 Å². The Kier molecular flexibility index (Phi) is 4.08. The van der Waals surface area contributed by atoms with Crippen LogP contribution in [-0.2, 0) is 19.4 Å². The molecule has 0 fully saturated rings. The minimum atomic E-state index is 0.820. The summed E-state index contributed by atoms with van der Waals surface area (Å²) in [5.74, 6) is 0. The molecule has 2 aromatic carbocycles. The van der Waals surface area contributed by atoms with Gasteiger partial charge in [-0.25, -0.2) is 0 Å². The lowest BCUT2D eigenvalue weighted by atomic mass is 10.0. The van der Waals surface area contributed by atoms with Gasteiger partial charge < -0.3 is 5.73 Å². The van der Waals surface area contributed by atoms with Gasteiger partial charge in [-0.15, -0.1) is 0 Å². The highest BCUT2D eigenvalue weighted by atomic mass is 79.9. The van der Waals surface area contributed by atoms with E-state index in [2.05, 4.69) is 51.2 Å². The highest BCUT2D eigenvalue weighted by Gasteiger charge is 2.15. The van der Waals surface area contributed by atoms with Crippen molar-refractivity contribution in [1.29, 1.82) is 0 Å². The third-order valence-corrected chi connectivity index (χ3v) is 4.98. The molecule has 20 heavy (non-hydrogen) atoms. The lowest BCUT2D eigenvalue weighted by Crippen LogP contribution is -2.26. The van der Waals surface area contributed by atoms with E-state index >= 15 is 0 Å². The number of fused-ring (bicyclic) bond motifs is 1. The maximum absolute atomic E-state index is 5.96. The van der Waals surface area contributed by atoms with E-state index in [-0.39, 0.29) is 0 Å². The maximum atomic E-state index is 5.96. The first-order valence-corrected chi connectivity index (χ1v) is 7.85. The molecule has 0 saturated heterocycles. The van der Waals surface area contributed by atoms with E-state index in [0.29, 0.717) is 0 Å². The quantitative estimate of drug-likeness (QED) is 0.852. The van der Waals surface area contributed by atoms with Crippen LogP contribution < -0.4 is 5.73 Å². The summed E-state index contributed by atoms with van der Waals surface area (Å²) >= 11 is 3.60. The van der Waals surface area contributed by atoms with Crippen LogP contribution in [0.3, 0.4) is 0 Å². The highest BCUT2D eigenvalue weighted by molar-refractivity contribution is 9.10. The van der Waals surface area contributed by atoms with Crippen molar-refractivity contribution < 1.29 is 0 Å². The molecule has 1 aliphatic rings. The van der Waals surface area contributed by atoms with Gasteiger partial charge in [0, 0.05) is 29.8 Å². The second-order valence-electron chi connectivity index (χ2n) is 5.37. The summed E-state index contributed by atoms with van der Waals surface area (Å²) in [6, 6.07) is 14.9. The first-order valence-electron chi connectivity index (χ1n) is 7.06. The Morgan fingerprint density at radius 1 is 0.950 bits per heavy atom. The summed E-state index contributed by atoms with van der Waals surface area (Å²) < 4.78 is 1.04. The van der Waals surface area contributed by atoms with Gasteiger partial charge in [-0.05, 0) is 51.5 Å². The predicted octanol–water partition coefficient (Wildman–Crippen LogP) is 3.63. The van der Waals surface area contributed by atoms with E-state index in [4.69, 9.17) is 5.73 Å². The van der Waals surface area contributed by atoms with Crippen LogP contribution in [0.2, 0.25) is 0 Å². The Morgan fingerprint density at radius 2 is 1.60 bits per heavy atom. The van der Waals surface area contributed by atoms with Crippen LogP contribution in [-0.4, -0.2) is 18.0 Å². The number of nitrogens with two attached hydrogens (primary N) is 1. The van der Waals surface area contributed by atoms with Gasteiger partial charge in [0.2, 0.25) is 0 Å². The first kappa shape index (κ1) is 13.7. The largest absolute Gasteiger partial charge is 0.398 e. The van der Waals surface area contributed by atoms with Crippen LogP contribution in [0, 0.1) is 0 Å². The summed E-state index contributed by atoms with van der Waals surface area (Å²) in [7, 11) is 0. The van der Waals surface area contributed by atoms with Gasteiger partial charge >= 0.3 is 0 Å². The Balaban J connectivity index is 1.73. The molecule has 1 aliphatic heterocycles. The standard InChI is InChI=1S/C17H19BrN2/c18-17-15(6-3-7-16(17)19)12-20-10-8-13-4-1-2-5-14(13)9-11-20/h1-7H,8-12,19H2. The summed E-state index contributed by atoms with van der Waals surface area (Å²) in [5.41, 5.74) is 11.1. The number of nitrogens with zero attached hydrogens (tertiary/aromatic N) is 1. The zero-order valence-electron chi connectivity index (χ0n) is 11.5. The van der Waals surface area contributed by atoms with E-state index in [1.54, 1.807) is 0 Å². The molecule has 3 rings (SSSR count). The number of nitrogen functional groups attached to an aromatic ring is 1. The monoisotopic (exact) mass is 330 g/mol. The normalized spacial score (nSPS) is 15.7. The Hall–Kier alpha value is -1.32. The molecule has 0 saturated carbocycles. The van der Waals surface area contributed by atoms with Crippen molar-refractivity contribution in [3.05, 3.63) is 63.6 Å². The summed E-state index contributed by atoms with van der Waals surface area (Å²) in [4.78, 5) is 2.51. The van der Waals surface area contributed by atoms with Crippen molar-refractivity contribution in [3.63, 3.8) is 0 Å². The average Bonchev–Trinajstić information content (AvgIpc) is 2.67. The molecule has 1 heterocycles. The van der Waals surface area contributed by atoms with Crippen LogP contribution >= 0.6 is 15.9 Å². The van der Waals surface area contributed by atoms with Crippen molar-refractivity contribution in [2.24, 2.45) is 0 Å². The number of benzene rings is 2. The third kappa shape index (κ3) is 2.89. The highest BCUT2D eigenvalue weighted by Crippen LogP contribution is 2.26. The molecule has 0 radical (unpaired) electrons. The van der Waals surface area contributed by atoms with Crippen molar-refractivity contribution >= 4 is 21.6 Å². The van der Waals surface area contributed by atoms with Gasteiger partial charge in [0.25, 0.3) is 0 Å². The first-order chi connectivity index (χ1) is 9.74. The van der Waals surface area contributed by atoms with E-state index < -0.39 is 0 Å². The van der Waals surface area contributed by atoms with Crippen molar-refractivity contribution in [3.8, 4) is 0 Å². The maximum Gasteiger partial charge on any atom is 0.0461 e. The van der Waals surface area contributed by atoms with E-state index in [1.807, 2.05) is 12.1 Å². The zero-order chi connectivity index (χ0) is 13.9. The fraction of sp³-hybridized carbons (Fsp3) is 0.294. The molecule has 0 atom stereocenters. The van der Waals surface area contributed by atoms with Crippen LogP contribution in [0.1, 0.15) is 16.7 Å². The number of halogens is 1. The van der Waals surface area contributed by atoms with Gasteiger partial charge in [0.15, 0.2) is 0 Å². The number of rotatable bonds is 2. The van der Waals surface area contributed by atoms with Crippen molar-refractivity contribution in [2.75, 3.05) is 18.8 Å². The molecule has 0 aromatic heterocycles. The number of hydrogen-bond acceptors (Lipinski definition) is 2. The Labute approximate surface area is 128 Å². The van der Waals surface area contributed by atoms with Crippen LogP contribution in [0.15, 0.2) is 46.9 Å². The molecule has 104 valence electrons. The van der Waals surface area contributed by atoms with Crippen LogP contribution in [0.5, 0.6) is 0 Å². The van der Waals surface area contributed by atoms with Crippen molar-refractivity contribution in [2.45, 2.75) is 19.4 Å². The molecule has 3 heteroatoms. The second-order valence-corrected chi connectivity index (χ2v) is 6.16. The molecule has 0 unspecified atom stereocenters. The fourth-order valence-electron chi connectivity index (χ4n) is 2.83. The zero-order valence-corrected chi connectivity index (χ0v) is 13.1. The minimum absolute atomic E-state index is 0.820. The van der Waals surface area contributed by atoms with Gasteiger partial charge in [-0.3, -0.25) is 4.90 Å². The molecular weight excluding hydrogens is 312 g/mol. The Morgan fingerprint density at radius 3 is 2.25 bits per heavy atom. The molecule has 0 spiro atoms. The molecule has 2 N–H and O–H groups in total. The smallest absolute Gasteiger partial charge is 0.0461 e. The van der Waals surface area contributed by atoms with E-state index in [1.165, 1.54) is 16.7 Å².